The van der Waals surface area contributed by atoms with Crippen LogP contribution in [0.25, 0.3) is 0 Å². The molecule has 0 amide bonds. The summed E-state index contributed by atoms with van der Waals surface area (Å²) in [6, 6.07) is 0. The van der Waals surface area contributed by atoms with Gasteiger partial charge in [-0.05, 0) is 19.8 Å². The lowest BCUT2D eigenvalue weighted by atomic mass is 10.1. The molecule has 1 aliphatic carbocycles. The lowest BCUT2D eigenvalue weighted by Gasteiger charge is -2.14. The highest BCUT2D eigenvalue weighted by molar-refractivity contribution is 5.75. The van der Waals surface area contributed by atoms with Gasteiger partial charge in [0.25, 0.3) is 0 Å². The van der Waals surface area contributed by atoms with Gasteiger partial charge in [0.1, 0.15) is 5.78 Å². The van der Waals surface area contributed by atoms with E-state index in [1.54, 1.807) is 6.92 Å². The Kier molecular flexibility index (Phi) is 5.06. The van der Waals surface area contributed by atoms with E-state index < -0.39 is 0 Å². The van der Waals surface area contributed by atoms with E-state index in [1.165, 1.54) is 38.5 Å². The Bertz CT molecular complexity index is 146. The molecule has 1 rings (SSSR count). The molecule has 0 aromatic rings. The zero-order chi connectivity index (χ0) is 9.52. The van der Waals surface area contributed by atoms with Crippen LogP contribution >= 0.6 is 0 Å². The minimum atomic E-state index is 0.230. The molecule has 0 saturated heterocycles. The predicted octanol–water partition coefficient (Wildman–Crippen LogP) is 2.70. The van der Waals surface area contributed by atoms with E-state index >= 15 is 0 Å². The second-order valence-electron chi connectivity index (χ2n) is 3.94. The quantitative estimate of drug-likeness (QED) is 0.628. The minimum absolute atomic E-state index is 0.230. The fraction of sp³-hybridized carbons (Fsp3) is 0.909. The van der Waals surface area contributed by atoms with E-state index in [9.17, 15) is 4.79 Å². The fourth-order valence-electron chi connectivity index (χ4n) is 1.78. The number of ketones is 1. The van der Waals surface area contributed by atoms with E-state index in [0.717, 1.165) is 0 Å². The van der Waals surface area contributed by atoms with Crippen molar-refractivity contribution in [3.63, 3.8) is 0 Å². The summed E-state index contributed by atoms with van der Waals surface area (Å²) in [4.78, 5) is 10.7. The SMILES string of the molecule is CC(=O)CCOC1CCCCCC1. The highest BCUT2D eigenvalue weighted by Gasteiger charge is 2.12. The zero-order valence-corrected chi connectivity index (χ0v) is 8.55. The maximum atomic E-state index is 10.7. The minimum Gasteiger partial charge on any atom is -0.378 e. The third-order valence-corrected chi connectivity index (χ3v) is 2.61. The highest BCUT2D eigenvalue weighted by Crippen LogP contribution is 2.19. The van der Waals surface area contributed by atoms with Gasteiger partial charge in [0, 0.05) is 6.42 Å². The molecule has 13 heavy (non-hydrogen) atoms. The Morgan fingerprint density at radius 2 is 1.85 bits per heavy atom. The summed E-state index contributed by atoms with van der Waals surface area (Å²) in [5, 5.41) is 0. The Hall–Kier alpha value is -0.370. The molecule has 0 N–H and O–H groups in total. The maximum absolute atomic E-state index is 10.7. The van der Waals surface area contributed by atoms with Crippen molar-refractivity contribution in [1.82, 2.24) is 0 Å². The fourth-order valence-corrected chi connectivity index (χ4v) is 1.78. The Balaban J connectivity index is 2.08. The Morgan fingerprint density at radius 3 is 2.38 bits per heavy atom. The van der Waals surface area contributed by atoms with Crippen molar-refractivity contribution in [3.05, 3.63) is 0 Å². The van der Waals surface area contributed by atoms with Crippen LogP contribution in [0.3, 0.4) is 0 Å². The monoisotopic (exact) mass is 184 g/mol. The zero-order valence-electron chi connectivity index (χ0n) is 8.55. The third kappa shape index (κ3) is 5.04. The molecular formula is C11H20O2. The molecule has 0 aromatic carbocycles. The molecule has 0 heterocycles. The summed E-state index contributed by atoms with van der Waals surface area (Å²) in [6.07, 6.45) is 8.70. The molecule has 2 heteroatoms. The summed E-state index contributed by atoms with van der Waals surface area (Å²) >= 11 is 0. The lowest BCUT2D eigenvalue weighted by molar-refractivity contribution is -0.118. The average molecular weight is 184 g/mol. The van der Waals surface area contributed by atoms with Crippen LogP contribution in [-0.4, -0.2) is 18.5 Å². The van der Waals surface area contributed by atoms with Crippen LogP contribution in [0.4, 0.5) is 0 Å². The average Bonchev–Trinajstić information content (AvgIpc) is 2.32. The first kappa shape index (κ1) is 10.7. The molecule has 0 aliphatic heterocycles. The third-order valence-electron chi connectivity index (χ3n) is 2.61. The molecule has 1 aliphatic rings. The second-order valence-corrected chi connectivity index (χ2v) is 3.94. The van der Waals surface area contributed by atoms with Crippen LogP contribution in [0.2, 0.25) is 0 Å². The molecule has 0 radical (unpaired) electrons. The van der Waals surface area contributed by atoms with Crippen LogP contribution in [0.15, 0.2) is 0 Å². The first-order chi connectivity index (χ1) is 6.29. The molecular weight excluding hydrogens is 164 g/mol. The molecule has 0 bridgehead atoms. The number of Topliss-reactive ketones (excluding diaryl/α,β-unsaturated/α-hetero) is 1. The number of carbonyl (C=O) groups excluding carboxylic acids is 1. The van der Waals surface area contributed by atoms with Crippen LogP contribution in [0.1, 0.15) is 51.9 Å². The number of carbonyl (C=O) groups is 1. The van der Waals surface area contributed by atoms with Crippen molar-refractivity contribution in [3.8, 4) is 0 Å². The van der Waals surface area contributed by atoms with Gasteiger partial charge in [0.2, 0.25) is 0 Å². The number of ether oxygens (including phenoxy) is 1. The van der Waals surface area contributed by atoms with Gasteiger partial charge in [-0.15, -0.1) is 0 Å². The van der Waals surface area contributed by atoms with Gasteiger partial charge in [0.15, 0.2) is 0 Å². The van der Waals surface area contributed by atoms with Crippen LogP contribution < -0.4 is 0 Å². The lowest BCUT2D eigenvalue weighted by Crippen LogP contribution is -2.13. The van der Waals surface area contributed by atoms with Crippen molar-refractivity contribution in [2.75, 3.05) is 6.61 Å². The second kappa shape index (κ2) is 6.14. The molecule has 0 atom stereocenters. The molecule has 0 unspecified atom stereocenters. The van der Waals surface area contributed by atoms with Gasteiger partial charge in [-0.1, -0.05) is 25.7 Å². The molecule has 2 nitrogen and oxygen atoms in total. The molecule has 1 fully saturated rings. The Morgan fingerprint density at radius 1 is 1.23 bits per heavy atom. The van der Waals surface area contributed by atoms with Gasteiger partial charge in [-0.2, -0.15) is 0 Å². The van der Waals surface area contributed by atoms with Gasteiger partial charge < -0.3 is 4.74 Å². The van der Waals surface area contributed by atoms with E-state index in [0.29, 0.717) is 19.1 Å². The van der Waals surface area contributed by atoms with E-state index in [-0.39, 0.29) is 5.78 Å². The largest absolute Gasteiger partial charge is 0.378 e. The topological polar surface area (TPSA) is 26.3 Å². The van der Waals surface area contributed by atoms with Gasteiger partial charge >= 0.3 is 0 Å². The Labute approximate surface area is 80.7 Å². The van der Waals surface area contributed by atoms with Crippen LogP contribution in [0.5, 0.6) is 0 Å². The summed E-state index contributed by atoms with van der Waals surface area (Å²) < 4.78 is 5.65. The van der Waals surface area contributed by atoms with Crippen molar-refractivity contribution in [2.24, 2.45) is 0 Å². The van der Waals surface area contributed by atoms with Crippen molar-refractivity contribution in [1.29, 1.82) is 0 Å². The van der Waals surface area contributed by atoms with E-state index in [4.69, 9.17) is 4.74 Å². The summed E-state index contributed by atoms with van der Waals surface area (Å²) in [5.41, 5.74) is 0. The first-order valence-corrected chi connectivity index (χ1v) is 5.40. The van der Waals surface area contributed by atoms with Crippen molar-refractivity contribution >= 4 is 5.78 Å². The number of hydrogen-bond donors (Lipinski definition) is 0. The molecule has 1 saturated carbocycles. The predicted molar refractivity (Wildman–Crippen MR) is 52.7 cm³/mol. The molecule has 0 spiro atoms. The maximum Gasteiger partial charge on any atom is 0.132 e. The van der Waals surface area contributed by atoms with Crippen LogP contribution in [0, 0.1) is 0 Å². The summed E-state index contributed by atoms with van der Waals surface area (Å²) in [5.74, 6) is 0.230. The summed E-state index contributed by atoms with van der Waals surface area (Å²) in [6.45, 7) is 2.25. The highest BCUT2D eigenvalue weighted by atomic mass is 16.5. The first-order valence-electron chi connectivity index (χ1n) is 5.40. The van der Waals surface area contributed by atoms with Crippen molar-refractivity contribution < 1.29 is 9.53 Å². The van der Waals surface area contributed by atoms with E-state index in [1.807, 2.05) is 0 Å². The normalized spacial score (nSPS) is 19.8. The summed E-state index contributed by atoms with van der Waals surface area (Å²) in [7, 11) is 0. The van der Waals surface area contributed by atoms with Crippen LogP contribution in [-0.2, 0) is 9.53 Å². The van der Waals surface area contributed by atoms with Gasteiger partial charge in [-0.25, -0.2) is 0 Å². The number of rotatable bonds is 4. The van der Waals surface area contributed by atoms with E-state index in [2.05, 4.69) is 0 Å². The smallest absolute Gasteiger partial charge is 0.132 e. The van der Waals surface area contributed by atoms with Crippen molar-refractivity contribution in [2.45, 2.75) is 58.0 Å². The molecule has 76 valence electrons. The number of hydrogen-bond acceptors (Lipinski definition) is 2. The standard InChI is InChI=1S/C11H20O2/c1-10(12)8-9-13-11-6-4-2-3-5-7-11/h11H,2-9H2,1H3. The van der Waals surface area contributed by atoms with Gasteiger partial charge in [-0.3, -0.25) is 4.79 Å². The van der Waals surface area contributed by atoms with Gasteiger partial charge in [0.05, 0.1) is 12.7 Å². The molecule has 0 aromatic heterocycles.